The summed E-state index contributed by atoms with van der Waals surface area (Å²) in [6.07, 6.45) is 13.9. The van der Waals surface area contributed by atoms with Crippen LogP contribution in [0.2, 0.25) is 0 Å². The van der Waals surface area contributed by atoms with Crippen molar-refractivity contribution in [2.75, 3.05) is 0 Å². The first-order valence-electron chi connectivity index (χ1n) is 9.16. The van der Waals surface area contributed by atoms with E-state index in [4.69, 9.17) is 5.84 Å². The van der Waals surface area contributed by atoms with Gasteiger partial charge in [0.05, 0.1) is 5.54 Å². The summed E-state index contributed by atoms with van der Waals surface area (Å²) < 4.78 is 0. The van der Waals surface area contributed by atoms with Crippen LogP contribution in [0.4, 0.5) is 0 Å². The highest BCUT2D eigenvalue weighted by Gasteiger charge is 2.60. The number of hydrogen-bond donors (Lipinski definition) is 1. The molecule has 2 nitrogen and oxygen atoms in total. The summed E-state index contributed by atoms with van der Waals surface area (Å²) in [4.78, 5) is 0. The van der Waals surface area contributed by atoms with Crippen molar-refractivity contribution >= 4 is 0 Å². The molecule has 1 aliphatic heterocycles. The maximum Gasteiger partial charge on any atom is 0.0589 e. The average molecular weight is 303 g/mol. The van der Waals surface area contributed by atoms with Gasteiger partial charge in [-0.25, -0.2) is 5.84 Å². The summed E-state index contributed by atoms with van der Waals surface area (Å²) >= 11 is 0. The summed E-state index contributed by atoms with van der Waals surface area (Å²) in [5.41, 5.74) is 3.66. The highest BCUT2D eigenvalue weighted by Crippen LogP contribution is 2.61. The van der Waals surface area contributed by atoms with Crippen LogP contribution < -0.4 is 5.84 Å². The lowest BCUT2D eigenvalue weighted by molar-refractivity contribution is 0.0252. The van der Waals surface area contributed by atoms with Gasteiger partial charge in [0, 0.05) is 17.0 Å². The molecule has 0 aromatic carbocycles. The fourth-order valence-corrected chi connectivity index (χ4v) is 5.15. The lowest BCUT2D eigenvalue weighted by Gasteiger charge is -2.47. The quantitative estimate of drug-likeness (QED) is 0.625. The van der Waals surface area contributed by atoms with Gasteiger partial charge in [0.2, 0.25) is 0 Å². The van der Waals surface area contributed by atoms with Crippen molar-refractivity contribution < 1.29 is 0 Å². The summed E-state index contributed by atoms with van der Waals surface area (Å²) in [5.74, 6) is 7.27. The number of nitrogens with two attached hydrogens (primary N) is 1. The molecule has 22 heavy (non-hydrogen) atoms. The van der Waals surface area contributed by atoms with Crippen LogP contribution in [-0.2, 0) is 0 Å². The van der Waals surface area contributed by atoms with Crippen molar-refractivity contribution in [3.63, 3.8) is 0 Å². The molecule has 0 aromatic rings. The minimum absolute atomic E-state index is 0.116. The Kier molecular flexibility index (Phi) is 3.75. The molecule has 1 heterocycles. The van der Waals surface area contributed by atoms with Gasteiger partial charge in [-0.2, -0.15) is 0 Å². The number of nitrogens with zero attached hydrogens (tertiary/aromatic N) is 1. The SMILES string of the molecule is CC(C)(C)C1=CC=C2C(C1)C1(C)CCCCCCC1(C)N2N. The van der Waals surface area contributed by atoms with Crippen molar-refractivity contribution in [2.45, 2.75) is 85.1 Å². The molecule has 0 bridgehead atoms. The van der Waals surface area contributed by atoms with E-state index >= 15 is 0 Å². The molecule has 3 rings (SSSR count). The Bertz CT molecular complexity index is 510. The molecule has 1 saturated carbocycles. The third-order valence-electron chi connectivity index (χ3n) is 7.12. The third kappa shape index (κ3) is 2.18. The lowest BCUT2D eigenvalue weighted by Crippen LogP contribution is -2.54. The Hall–Kier alpha value is -0.760. The van der Waals surface area contributed by atoms with Crippen molar-refractivity contribution in [3.05, 3.63) is 23.4 Å². The maximum absolute atomic E-state index is 6.67. The fraction of sp³-hybridized carbons (Fsp3) is 0.800. The van der Waals surface area contributed by atoms with Crippen LogP contribution in [0.1, 0.15) is 79.6 Å². The predicted octanol–water partition coefficient (Wildman–Crippen LogP) is 5.17. The molecular weight excluding hydrogens is 268 g/mol. The summed E-state index contributed by atoms with van der Waals surface area (Å²) in [5, 5.41) is 2.17. The van der Waals surface area contributed by atoms with Gasteiger partial charge in [0.25, 0.3) is 0 Å². The van der Waals surface area contributed by atoms with E-state index in [1.165, 1.54) is 50.6 Å². The second kappa shape index (κ2) is 5.12. The van der Waals surface area contributed by atoms with Gasteiger partial charge in [-0.3, -0.25) is 0 Å². The Morgan fingerprint density at radius 3 is 2.32 bits per heavy atom. The van der Waals surface area contributed by atoms with E-state index in [1.807, 2.05) is 0 Å². The number of rotatable bonds is 0. The largest absolute Gasteiger partial charge is 0.308 e. The molecule has 0 radical (unpaired) electrons. The minimum Gasteiger partial charge on any atom is -0.308 e. The first-order valence-corrected chi connectivity index (χ1v) is 9.16. The van der Waals surface area contributed by atoms with Crippen LogP contribution in [0.3, 0.4) is 0 Å². The zero-order valence-corrected chi connectivity index (χ0v) is 15.2. The standard InChI is InChI=1S/C20H34N2/c1-18(2,3)15-10-11-17-16(14-15)19(4)12-8-6-7-9-13-20(19,5)22(17)21/h10-11,16H,6-9,12-14,21H2,1-5H3. The zero-order chi connectivity index (χ0) is 16.2. The fourth-order valence-electron chi connectivity index (χ4n) is 5.15. The van der Waals surface area contributed by atoms with Crippen molar-refractivity contribution in [1.82, 2.24) is 5.01 Å². The molecule has 0 amide bonds. The highest BCUT2D eigenvalue weighted by atomic mass is 15.5. The van der Waals surface area contributed by atoms with Crippen LogP contribution in [0.25, 0.3) is 0 Å². The monoisotopic (exact) mass is 302 g/mol. The normalized spacial score (nSPS) is 39.4. The molecule has 2 N–H and O–H groups in total. The molecule has 0 aromatic heterocycles. The topological polar surface area (TPSA) is 29.3 Å². The Balaban J connectivity index is 2.01. The third-order valence-corrected chi connectivity index (χ3v) is 7.12. The Labute approximate surface area is 136 Å². The van der Waals surface area contributed by atoms with E-state index < -0.39 is 0 Å². The van der Waals surface area contributed by atoms with Gasteiger partial charge >= 0.3 is 0 Å². The number of fused-ring (bicyclic) bond motifs is 3. The minimum atomic E-state index is 0.116. The van der Waals surface area contributed by atoms with Gasteiger partial charge in [-0.1, -0.05) is 65.0 Å². The number of hydrogen-bond acceptors (Lipinski definition) is 2. The second-order valence-electron chi connectivity index (χ2n) is 9.27. The van der Waals surface area contributed by atoms with Crippen LogP contribution in [0.15, 0.2) is 23.4 Å². The molecule has 3 atom stereocenters. The van der Waals surface area contributed by atoms with E-state index in [0.29, 0.717) is 11.3 Å². The van der Waals surface area contributed by atoms with Crippen molar-refractivity contribution in [1.29, 1.82) is 0 Å². The van der Waals surface area contributed by atoms with Crippen LogP contribution >= 0.6 is 0 Å². The predicted molar refractivity (Wildman–Crippen MR) is 94.0 cm³/mol. The number of allylic oxidation sites excluding steroid dienone is 4. The molecule has 3 unspecified atom stereocenters. The van der Waals surface area contributed by atoms with Crippen molar-refractivity contribution in [2.24, 2.45) is 22.6 Å². The van der Waals surface area contributed by atoms with Gasteiger partial charge in [-0.15, -0.1) is 0 Å². The molecule has 2 aliphatic carbocycles. The van der Waals surface area contributed by atoms with Gasteiger partial charge in [0.1, 0.15) is 0 Å². The molecule has 0 spiro atoms. The summed E-state index contributed by atoms with van der Waals surface area (Å²) in [7, 11) is 0. The van der Waals surface area contributed by atoms with Gasteiger partial charge in [0.15, 0.2) is 0 Å². The summed E-state index contributed by atoms with van der Waals surface area (Å²) in [6.45, 7) is 12.0. The van der Waals surface area contributed by atoms with E-state index in [1.54, 1.807) is 5.57 Å². The Morgan fingerprint density at radius 1 is 1.05 bits per heavy atom. The molecular formula is C20H34N2. The van der Waals surface area contributed by atoms with Crippen LogP contribution in [0.5, 0.6) is 0 Å². The van der Waals surface area contributed by atoms with E-state index in [0.717, 1.165) is 0 Å². The lowest BCUT2D eigenvalue weighted by atomic mass is 9.59. The first kappa shape index (κ1) is 16.1. The van der Waals surface area contributed by atoms with Crippen LogP contribution in [-0.4, -0.2) is 10.5 Å². The van der Waals surface area contributed by atoms with Crippen LogP contribution in [0, 0.1) is 16.7 Å². The molecule has 2 fully saturated rings. The first-order chi connectivity index (χ1) is 10.2. The summed E-state index contributed by atoms with van der Waals surface area (Å²) in [6, 6.07) is 0. The molecule has 124 valence electrons. The second-order valence-corrected chi connectivity index (χ2v) is 9.27. The van der Waals surface area contributed by atoms with E-state index in [9.17, 15) is 0 Å². The Morgan fingerprint density at radius 2 is 1.68 bits per heavy atom. The number of hydrazine groups is 1. The highest BCUT2D eigenvalue weighted by molar-refractivity contribution is 5.36. The van der Waals surface area contributed by atoms with E-state index in [2.05, 4.69) is 51.8 Å². The zero-order valence-electron chi connectivity index (χ0n) is 15.2. The van der Waals surface area contributed by atoms with Crippen molar-refractivity contribution in [3.8, 4) is 0 Å². The molecule has 3 aliphatic rings. The average Bonchev–Trinajstić information content (AvgIpc) is 2.59. The smallest absolute Gasteiger partial charge is 0.0589 e. The van der Waals surface area contributed by atoms with E-state index in [-0.39, 0.29) is 11.0 Å². The van der Waals surface area contributed by atoms with Gasteiger partial charge < -0.3 is 5.01 Å². The van der Waals surface area contributed by atoms with Gasteiger partial charge in [-0.05, 0) is 37.7 Å². The molecule has 1 saturated heterocycles. The maximum atomic E-state index is 6.67. The molecule has 2 heteroatoms.